The fourth-order valence-electron chi connectivity index (χ4n) is 2.21. The number of anilines is 1. The van der Waals surface area contributed by atoms with Gasteiger partial charge in [-0.1, -0.05) is 44.2 Å². The largest absolute Gasteiger partial charge is 0.478 e. The molecule has 3 heteroatoms. The van der Waals surface area contributed by atoms with Crippen LogP contribution < -0.4 is 5.32 Å². The van der Waals surface area contributed by atoms with E-state index in [2.05, 4.69) is 43.4 Å². The lowest BCUT2D eigenvalue weighted by Crippen LogP contribution is -2.06. The molecule has 2 aromatic carbocycles. The molecule has 0 saturated heterocycles. The predicted molar refractivity (Wildman–Crippen MR) is 86.0 cm³/mol. The molecule has 0 aliphatic heterocycles. The third-order valence-electron chi connectivity index (χ3n) is 3.53. The highest BCUT2D eigenvalue weighted by atomic mass is 16.4. The predicted octanol–water partition coefficient (Wildman–Crippen LogP) is 4.43. The van der Waals surface area contributed by atoms with Crippen LogP contribution in [0.5, 0.6) is 0 Å². The minimum atomic E-state index is -0.910. The van der Waals surface area contributed by atoms with Crippen molar-refractivity contribution in [1.82, 2.24) is 0 Å². The Labute approximate surface area is 125 Å². The molecule has 2 rings (SSSR count). The molecule has 3 nitrogen and oxygen atoms in total. The van der Waals surface area contributed by atoms with Crippen molar-refractivity contribution in [1.29, 1.82) is 0 Å². The Morgan fingerprint density at radius 2 is 1.81 bits per heavy atom. The number of carbonyl (C=O) groups is 1. The Morgan fingerprint density at radius 3 is 2.38 bits per heavy atom. The number of aryl methyl sites for hydroxylation is 1. The normalized spacial score (nSPS) is 10.7. The average Bonchev–Trinajstić information content (AvgIpc) is 2.45. The number of carboxylic acids is 1. The maximum Gasteiger partial charge on any atom is 0.337 e. The van der Waals surface area contributed by atoms with Gasteiger partial charge in [0, 0.05) is 12.2 Å². The standard InChI is InChI=1S/C18H21NO2/c1-12(2)15-7-5-14(6-8-15)11-19-17-10-13(3)4-9-16(17)18(20)21/h4-10,12,19H,11H2,1-3H3,(H,20,21). The first-order valence-electron chi connectivity index (χ1n) is 7.14. The van der Waals surface area contributed by atoms with E-state index in [-0.39, 0.29) is 0 Å². The zero-order valence-electron chi connectivity index (χ0n) is 12.7. The highest BCUT2D eigenvalue weighted by molar-refractivity contribution is 5.94. The van der Waals surface area contributed by atoms with Crippen LogP contribution in [0.15, 0.2) is 42.5 Å². The van der Waals surface area contributed by atoms with Crippen LogP contribution in [0.1, 0.15) is 46.8 Å². The summed E-state index contributed by atoms with van der Waals surface area (Å²) in [6, 6.07) is 13.7. The molecule has 0 aliphatic rings. The highest BCUT2D eigenvalue weighted by Crippen LogP contribution is 2.20. The van der Waals surface area contributed by atoms with Crippen LogP contribution in [0.2, 0.25) is 0 Å². The van der Waals surface area contributed by atoms with Gasteiger partial charge in [-0.2, -0.15) is 0 Å². The molecule has 110 valence electrons. The van der Waals surface area contributed by atoms with E-state index < -0.39 is 5.97 Å². The lowest BCUT2D eigenvalue weighted by molar-refractivity contribution is 0.0698. The second-order valence-corrected chi connectivity index (χ2v) is 5.60. The second-order valence-electron chi connectivity index (χ2n) is 5.60. The van der Waals surface area contributed by atoms with Crippen molar-refractivity contribution in [3.05, 3.63) is 64.7 Å². The Balaban J connectivity index is 2.12. The lowest BCUT2D eigenvalue weighted by Gasteiger charge is -2.12. The maximum absolute atomic E-state index is 11.2. The molecule has 0 spiro atoms. The first-order valence-corrected chi connectivity index (χ1v) is 7.14. The molecule has 2 N–H and O–H groups in total. The van der Waals surface area contributed by atoms with E-state index >= 15 is 0 Å². The molecular weight excluding hydrogens is 262 g/mol. The highest BCUT2D eigenvalue weighted by Gasteiger charge is 2.09. The molecule has 0 atom stereocenters. The molecule has 0 aliphatic carbocycles. The van der Waals surface area contributed by atoms with E-state index in [4.69, 9.17) is 0 Å². The molecule has 21 heavy (non-hydrogen) atoms. The molecule has 0 saturated carbocycles. The summed E-state index contributed by atoms with van der Waals surface area (Å²) in [5, 5.41) is 12.4. The number of benzene rings is 2. The Morgan fingerprint density at radius 1 is 1.14 bits per heavy atom. The molecule has 2 aromatic rings. The quantitative estimate of drug-likeness (QED) is 0.853. The zero-order chi connectivity index (χ0) is 15.4. The van der Waals surface area contributed by atoms with Crippen LogP contribution in [0.25, 0.3) is 0 Å². The molecule has 0 unspecified atom stereocenters. The molecule has 0 aromatic heterocycles. The maximum atomic E-state index is 11.2. The first kappa shape index (κ1) is 15.1. The third-order valence-corrected chi connectivity index (χ3v) is 3.53. The SMILES string of the molecule is Cc1ccc(C(=O)O)c(NCc2ccc(C(C)C)cc2)c1. The van der Waals surface area contributed by atoms with Crippen LogP contribution in [-0.4, -0.2) is 11.1 Å². The Kier molecular flexibility index (Phi) is 4.63. The van der Waals surface area contributed by atoms with Crippen LogP contribution in [0.3, 0.4) is 0 Å². The van der Waals surface area contributed by atoms with Gasteiger partial charge in [0.25, 0.3) is 0 Å². The summed E-state index contributed by atoms with van der Waals surface area (Å²) in [5.41, 5.74) is 4.45. The molecule has 0 amide bonds. The van der Waals surface area contributed by atoms with Crippen molar-refractivity contribution in [2.45, 2.75) is 33.2 Å². The van der Waals surface area contributed by atoms with E-state index in [9.17, 15) is 9.90 Å². The zero-order valence-corrected chi connectivity index (χ0v) is 12.7. The van der Waals surface area contributed by atoms with Gasteiger partial charge in [-0.25, -0.2) is 4.79 Å². The van der Waals surface area contributed by atoms with Gasteiger partial charge in [-0.3, -0.25) is 0 Å². The van der Waals surface area contributed by atoms with Crippen molar-refractivity contribution in [2.24, 2.45) is 0 Å². The number of nitrogens with one attached hydrogen (secondary N) is 1. The Bertz CT molecular complexity index is 630. The van der Waals surface area contributed by atoms with Crippen molar-refractivity contribution < 1.29 is 9.90 Å². The van der Waals surface area contributed by atoms with Gasteiger partial charge in [-0.15, -0.1) is 0 Å². The summed E-state index contributed by atoms with van der Waals surface area (Å²) in [4.78, 5) is 11.2. The summed E-state index contributed by atoms with van der Waals surface area (Å²) in [6.07, 6.45) is 0. The summed E-state index contributed by atoms with van der Waals surface area (Å²) >= 11 is 0. The van der Waals surface area contributed by atoms with Crippen molar-refractivity contribution in [3.8, 4) is 0 Å². The fraction of sp³-hybridized carbons (Fsp3) is 0.278. The number of hydrogen-bond donors (Lipinski definition) is 2. The number of carboxylic acid groups (broad SMARTS) is 1. The van der Waals surface area contributed by atoms with Gasteiger partial charge in [0.15, 0.2) is 0 Å². The summed E-state index contributed by atoms with van der Waals surface area (Å²) < 4.78 is 0. The van der Waals surface area contributed by atoms with Crippen LogP contribution in [0.4, 0.5) is 5.69 Å². The van der Waals surface area contributed by atoms with E-state index in [0.29, 0.717) is 23.7 Å². The van der Waals surface area contributed by atoms with Gasteiger partial charge in [0.05, 0.1) is 5.56 Å². The monoisotopic (exact) mass is 283 g/mol. The number of aromatic carboxylic acids is 1. The molecule has 0 radical (unpaired) electrons. The topological polar surface area (TPSA) is 49.3 Å². The van der Waals surface area contributed by atoms with Gasteiger partial charge < -0.3 is 10.4 Å². The molecular formula is C18H21NO2. The van der Waals surface area contributed by atoms with Crippen molar-refractivity contribution >= 4 is 11.7 Å². The van der Waals surface area contributed by atoms with Crippen molar-refractivity contribution in [3.63, 3.8) is 0 Å². The number of hydrogen-bond acceptors (Lipinski definition) is 2. The smallest absolute Gasteiger partial charge is 0.337 e. The van der Waals surface area contributed by atoms with E-state index in [1.165, 1.54) is 5.56 Å². The summed E-state index contributed by atoms with van der Waals surface area (Å²) in [6.45, 7) is 6.90. The van der Waals surface area contributed by atoms with Gasteiger partial charge >= 0.3 is 5.97 Å². The summed E-state index contributed by atoms with van der Waals surface area (Å²) in [7, 11) is 0. The van der Waals surface area contributed by atoms with Crippen LogP contribution in [-0.2, 0) is 6.54 Å². The molecule has 0 fully saturated rings. The number of rotatable bonds is 5. The summed E-state index contributed by atoms with van der Waals surface area (Å²) in [5.74, 6) is -0.393. The average molecular weight is 283 g/mol. The molecule has 0 heterocycles. The fourth-order valence-corrected chi connectivity index (χ4v) is 2.21. The van der Waals surface area contributed by atoms with Gasteiger partial charge in [0.2, 0.25) is 0 Å². The Hall–Kier alpha value is -2.29. The molecule has 0 bridgehead atoms. The minimum absolute atomic E-state index is 0.305. The van der Waals surface area contributed by atoms with Crippen LogP contribution >= 0.6 is 0 Å². The second kappa shape index (κ2) is 6.44. The van der Waals surface area contributed by atoms with E-state index in [0.717, 1.165) is 11.1 Å². The third kappa shape index (κ3) is 3.85. The van der Waals surface area contributed by atoms with E-state index in [1.807, 2.05) is 19.1 Å². The first-order chi connectivity index (χ1) is 9.97. The van der Waals surface area contributed by atoms with Gasteiger partial charge in [-0.05, 0) is 41.7 Å². The lowest BCUT2D eigenvalue weighted by atomic mass is 10.0. The van der Waals surface area contributed by atoms with E-state index in [1.54, 1.807) is 6.07 Å². The minimum Gasteiger partial charge on any atom is -0.478 e. The van der Waals surface area contributed by atoms with Crippen molar-refractivity contribution in [2.75, 3.05) is 5.32 Å². The van der Waals surface area contributed by atoms with Gasteiger partial charge in [0.1, 0.15) is 0 Å². The van der Waals surface area contributed by atoms with Crippen LogP contribution in [0, 0.1) is 6.92 Å².